The number of hydrogen-bond acceptors (Lipinski definition) is 16. The molecule has 0 radical (unpaired) electrons. The zero-order chi connectivity index (χ0) is 50.9. The summed E-state index contributed by atoms with van der Waals surface area (Å²) in [7, 11) is 3.66. The number of ether oxygens (including phenoxy) is 6. The van der Waals surface area contributed by atoms with Crippen molar-refractivity contribution in [1.82, 2.24) is 30.5 Å². The molecule has 3 aromatic rings. The van der Waals surface area contributed by atoms with Crippen molar-refractivity contribution in [3.05, 3.63) is 90.5 Å². The van der Waals surface area contributed by atoms with Crippen molar-refractivity contribution < 1.29 is 57.5 Å². The van der Waals surface area contributed by atoms with Gasteiger partial charge in [-0.3, -0.25) is 14.6 Å². The molecule has 6 rings (SSSR count). The molecule has 1 aromatic carbocycles. The highest BCUT2D eigenvalue weighted by Crippen LogP contribution is 2.42. The lowest BCUT2D eigenvalue weighted by Gasteiger charge is -2.48. The number of aliphatic hydroxyl groups is 1. The second kappa shape index (κ2) is 23.2. The molecule has 18 nitrogen and oxygen atoms in total. The molecule has 0 bridgehead atoms. The molecule has 3 fully saturated rings. The molecule has 378 valence electrons. The molecule has 0 unspecified atom stereocenters. The number of aromatic nitrogens is 3. The van der Waals surface area contributed by atoms with E-state index in [-0.39, 0.29) is 25.2 Å². The van der Waals surface area contributed by atoms with E-state index in [9.17, 15) is 29.1 Å². The van der Waals surface area contributed by atoms with Crippen molar-refractivity contribution in [1.29, 1.82) is 0 Å². The molecule has 70 heavy (non-hydrogen) atoms. The van der Waals surface area contributed by atoms with Crippen LogP contribution in [0.4, 0.5) is 9.59 Å². The van der Waals surface area contributed by atoms with Crippen molar-refractivity contribution >= 4 is 42.1 Å². The van der Waals surface area contributed by atoms with Gasteiger partial charge in [0.2, 0.25) is 0 Å². The Morgan fingerprint density at radius 3 is 2.33 bits per heavy atom. The number of Topliss-reactive ketones (excluding diaryl/α,β-unsaturated/α-hetero) is 1. The Morgan fingerprint density at radius 1 is 0.957 bits per heavy atom. The zero-order valence-electron chi connectivity index (χ0n) is 41.6. The number of pyridine rings is 1. The smallest absolute Gasteiger partial charge is 0.408 e. The normalized spacial score (nSPS) is 33.2. The number of hydrogen-bond donors (Lipinski definition) is 3. The molecule has 3 saturated heterocycles. The molecule has 3 N–H and O–H groups in total. The van der Waals surface area contributed by atoms with Crippen LogP contribution < -0.4 is 10.6 Å². The van der Waals surface area contributed by atoms with E-state index in [4.69, 9.17) is 28.4 Å². The Hall–Kier alpha value is -6.08. The first-order valence-corrected chi connectivity index (χ1v) is 23.9. The molecule has 18 heteroatoms. The first-order valence-electron chi connectivity index (χ1n) is 23.9. The van der Waals surface area contributed by atoms with Gasteiger partial charge in [-0.15, -0.1) is 0 Å². The molecule has 2 aromatic heterocycles. The number of carbonyl (C=O) groups excluding carboxylic acids is 5. The second-order valence-corrected chi connectivity index (χ2v) is 19.3. The van der Waals surface area contributed by atoms with Gasteiger partial charge in [-0.1, -0.05) is 70.2 Å². The van der Waals surface area contributed by atoms with E-state index in [1.54, 1.807) is 97.5 Å². The summed E-state index contributed by atoms with van der Waals surface area (Å²) in [5, 5.41) is 17.5. The van der Waals surface area contributed by atoms with Crippen molar-refractivity contribution in [2.24, 2.45) is 23.7 Å². The van der Waals surface area contributed by atoms with E-state index in [1.807, 2.05) is 56.3 Å². The number of aliphatic hydroxyl groups excluding tert-OH is 1. The number of nitrogens with zero attached hydrogens (tertiary/aromatic N) is 4. The molecule has 2 amide bonds. The van der Waals surface area contributed by atoms with Gasteiger partial charge < -0.3 is 49.1 Å². The van der Waals surface area contributed by atoms with Crippen LogP contribution in [0.15, 0.2) is 79.4 Å². The van der Waals surface area contributed by atoms with Crippen molar-refractivity contribution in [2.75, 3.05) is 20.6 Å². The number of likely N-dealkylation sites (N-methyl/N-ethyl adjacent to an activating group) is 1. The highest BCUT2D eigenvalue weighted by atomic mass is 16.7. The molecule has 5 heterocycles. The summed E-state index contributed by atoms with van der Waals surface area (Å²) >= 11 is 0. The molecular formula is C52H68N6O12. The van der Waals surface area contributed by atoms with E-state index in [1.165, 1.54) is 12.2 Å². The Labute approximate surface area is 409 Å². The fourth-order valence-electron chi connectivity index (χ4n) is 10.0. The number of amides is 2. The van der Waals surface area contributed by atoms with Crippen molar-refractivity contribution in [3.8, 4) is 11.4 Å². The number of esters is 2. The van der Waals surface area contributed by atoms with E-state index in [0.29, 0.717) is 17.8 Å². The van der Waals surface area contributed by atoms with Gasteiger partial charge in [0.15, 0.2) is 17.7 Å². The zero-order valence-corrected chi connectivity index (χ0v) is 41.6. The summed E-state index contributed by atoms with van der Waals surface area (Å²) < 4.78 is 37.9. The van der Waals surface area contributed by atoms with Crippen LogP contribution >= 0.6 is 0 Å². The molecule has 0 spiro atoms. The summed E-state index contributed by atoms with van der Waals surface area (Å²) in [6.07, 6.45) is 4.94. The molecule has 3 aliphatic rings. The summed E-state index contributed by atoms with van der Waals surface area (Å²) in [5.41, 5.74) is -0.980. The highest BCUT2D eigenvalue weighted by Gasteiger charge is 2.58. The lowest BCUT2D eigenvalue weighted by molar-refractivity contribution is -0.298. The number of carbonyl (C=O) groups is 5. The maximum Gasteiger partial charge on any atom is 0.408 e. The lowest BCUT2D eigenvalue weighted by Crippen LogP contribution is -2.61. The minimum atomic E-state index is -1.79. The van der Waals surface area contributed by atoms with Crippen LogP contribution in [-0.2, 0) is 42.8 Å². The molecule has 14 atom stereocenters. The number of cyclic esters (lactones) is 1. The number of alkyl carbamates (subject to hydrolysis) is 2. The fourth-order valence-corrected chi connectivity index (χ4v) is 10.0. The van der Waals surface area contributed by atoms with Gasteiger partial charge in [-0.05, 0) is 90.4 Å². The maximum atomic E-state index is 14.7. The highest BCUT2D eigenvalue weighted by molar-refractivity contribution is 5.88. The lowest BCUT2D eigenvalue weighted by atomic mass is 9.73. The summed E-state index contributed by atoms with van der Waals surface area (Å²) in [6.45, 7) is 13.4. The third-order valence-corrected chi connectivity index (χ3v) is 13.7. The number of ketones is 1. The Morgan fingerprint density at radius 2 is 1.67 bits per heavy atom. The maximum absolute atomic E-state index is 14.7. The average Bonchev–Trinajstić information content (AvgIpc) is 3.66. The van der Waals surface area contributed by atoms with Crippen LogP contribution in [0.3, 0.4) is 0 Å². The monoisotopic (exact) mass is 968 g/mol. The minimum absolute atomic E-state index is 0.0302. The topological polar surface area (TPSA) is 227 Å². The predicted molar refractivity (Wildman–Crippen MR) is 258 cm³/mol. The van der Waals surface area contributed by atoms with Crippen molar-refractivity contribution in [2.45, 2.75) is 135 Å². The van der Waals surface area contributed by atoms with Gasteiger partial charge in [-0.2, -0.15) is 0 Å². The largest absolute Gasteiger partial charge is 0.458 e. The molecule has 3 aliphatic heterocycles. The predicted octanol–water partition coefficient (Wildman–Crippen LogP) is 6.18. The number of fused-ring (bicyclic) bond motifs is 1. The Bertz CT molecular complexity index is 2340. The number of benzene rings is 1. The Kier molecular flexibility index (Phi) is 17.7. The van der Waals surface area contributed by atoms with Gasteiger partial charge in [0.05, 0.1) is 18.1 Å². The number of nitrogens with one attached hydrogen (secondary N) is 2. The van der Waals surface area contributed by atoms with Crippen LogP contribution in [0.25, 0.3) is 23.5 Å². The van der Waals surface area contributed by atoms with E-state index < -0.39 is 108 Å². The minimum Gasteiger partial charge on any atom is -0.458 e. The summed E-state index contributed by atoms with van der Waals surface area (Å²) in [6, 6.07) is 11.4. The van der Waals surface area contributed by atoms with Crippen LogP contribution in [-0.4, -0.2) is 136 Å². The average molecular weight is 969 g/mol. The quantitative estimate of drug-likeness (QED) is 0.105. The number of rotatable bonds is 12. The molecular weight excluding hydrogens is 901 g/mol. The van der Waals surface area contributed by atoms with E-state index >= 15 is 0 Å². The van der Waals surface area contributed by atoms with E-state index in [0.717, 1.165) is 11.1 Å². The van der Waals surface area contributed by atoms with Crippen LogP contribution in [0.5, 0.6) is 0 Å². The third-order valence-electron chi connectivity index (χ3n) is 13.7. The first-order chi connectivity index (χ1) is 33.2. The van der Waals surface area contributed by atoms with Crippen LogP contribution in [0.1, 0.15) is 85.8 Å². The van der Waals surface area contributed by atoms with Gasteiger partial charge in [0.25, 0.3) is 0 Å². The summed E-state index contributed by atoms with van der Waals surface area (Å²) in [5.74, 6) is -5.40. The van der Waals surface area contributed by atoms with Gasteiger partial charge >= 0.3 is 24.1 Å². The molecule has 0 aliphatic carbocycles. The van der Waals surface area contributed by atoms with E-state index in [2.05, 4.69) is 25.6 Å². The van der Waals surface area contributed by atoms with Crippen LogP contribution in [0.2, 0.25) is 0 Å². The van der Waals surface area contributed by atoms with Crippen LogP contribution in [0, 0.1) is 23.7 Å². The standard InChI is InChI=1S/C52H68N6O12/c1-11-39-52(8)44(57-50(64)70-52)32(4)41(60)30(2)28-51(7,69-49(63)56-24-13-15-35-17-20-37(21-18-35)46-54-25-14-26-55-46)45(68-48-42(61)38(58(9)10)27-31(3)65-48)33(5)43(34(6)47(62)66-39)67-40(59)22-19-36-16-12-23-53-29-36/h12-23,25-26,29-34,38-39,42-45,48,61H,11,24,27-28H2,1-10H3,(H,56,63)(H,57,64)/b15-13+,22-19+/t30-,31-,32+,33+,34-,38+,39-,42-,43+,44-,45-,48+,51-,52-/m1/s1. The van der Waals surface area contributed by atoms with Gasteiger partial charge in [-0.25, -0.2) is 24.4 Å². The van der Waals surface area contributed by atoms with Gasteiger partial charge in [0, 0.05) is 66.8 Å². The Balaban J connectivity index is 1.40. The molecule has 0 saturated carbocycles. The fraction of sp³-hybridized carbons (Fsp3) is 0.538. The second-order valence-electron chi connectivity index (χ2n) is 19.3. The third kappa shape index (κ3) is 12.6. The SMILES string of the molecule is CC[C@H]1OC(=O)[C@H](C)[C@@H](OC(=O)/C=C/c2cccnc2)[C@H](C)[C@@H](O[C@@H]2O[C@H](C)C[C@H](N(C)C)[C@H]2O)[C@](C)(OC(=O)NC/C=C/c2ccc(-c3ncccn3)cc2)C[C@@H](C)C(=O)[C@H](C)[C@H]2NC(=O)O[C@@]21C. The van der Waals surface area contributed by atoms with Crippen molar-refractivity contribution in [3.63, 3.8) is 0 Å². The summed E-state index contributed by atoms with van der Waals surface area (Å²) in [4.78, 5) is 85.0. The first kappa shape index (κ1) is 53.3. The van der Waals surface area contributed by atoms with Gasteiger partial charge in [0.1, 0.15) is 35.8 Å².